The maximum Gasteiger partial charge on any atom is 0.164 e. The van der Waals surface area contributed by atoms with Gasteiger partial charge in [-0.15, -0.1) is 0 Å². The summed E-state index contributed by atoms with van der Waals surface area (Å²) in [5, 5.41) is 10.1. The second-order valence-electron chi connectivity index (χ2n) is 4.83. The van der Waals surface area contributed by atoms with Gasteiger partial charge in [0.2, 0.25) is 0 Å². The van der Waals surface area contributed by atoms with Crippen LogP contribution in [0.25, 0.3) is 0 Å². The van der Waals surface area contributed by atoms with Crippen LogP contribution < -0.4 is 4.90 Å². The Morgan fingerprint density at radius 3 is 2.50 bits per heavy atom. The molecule has 0 aliphatic rings. The molecule has 0 aliphatic heterocycles. The zero-order valence-electron chi connectivity index (χ0n) is 11.5. The third kappa shape index (κ3) is 2.96. The SMILES string of the molecule is Cc1ccccc1N(C)CC(O)c1cccc(F)c1F. The summed E-state index contributed by atoms with van der Waals surface area (Å²) in [5.41, 5.74) is 1.98. The molecule has 2 aromatic carbocycles. The van der Waals surface area contributed by atoms with E-state index in [9.17, 15) is 13.9 Å². The molecule has 0 amide bonds. The number of aliphatic hydroxyl groups excluding tert-OH is 1. The molecule has 1 unspecified atom stereocenters. The third-order valence-corrected chi connectivity index (χ3v) is 3.31. The van der Waals surface area contributed by atoms with E-state index in [0.29, 0.717) is 0 Å². The van der Waals surface area contributed by atoms with Crippen molar-refractivity contribution in [3.05, 3.63) is 65.2 Å². The van der Waals surface area contributed by atoms with Crippen molar-refractivity contribution in [2.75, 3.05) is 18.5 Å². The van der Waals surface area contributed by atoms with E-state index in [0.717, 1.165) is 17.3 Å². The van der Waals surface area contributed by atoms with Gasteiger partial charge in [-0.05, 0) is 24.6 Å². The average molecular weight is 277 g/mol. The molecule has 1 N–H and O–H groups in total. The molecule has 4 heteroatoms. The first-order valence-electron chi connectivity index (χ1n) is 6.39. The normalized spacial score (nSPS) is 12.2. The van der Waals surface area contributed by atoms with Crippen LogP contribution in [-0.4, -0.2) is 18.7 Å². The zero-order valence-corrected chi connectivity index (χ0v) is 11.5. The largest absolute Gasteiger partial charge is 0.386 e. The van der Waals surface area contributed by atoms with Crippen molar-refractivity contribution in [3.63, 3.8) is 0 Å². The summed E-state index contributed by atoms with van der Waals surface area (Å²) < 4.78 is 26.8. The first-order chi connectivity index (χ1) is 9.50. The van der Waals surface area contributed by atoms with Gasteiger partial charge in [-0.1, -0.05) is 30.3 Å². The molecule has 2 rings (SSSR count). The highest BCUT2D eigenvalue weighted by atomic mass is 19.2. The number of para-hydroxylation sites is 1. The Bertz CT molecular complexity index is 601. The van der Waals surface area contributed by atoms with E-state index >= 15 is 0 Å². The van der Waals surface area contributed by atoms with Crippen molar-refractivity contribution in [2.45, 2.75) is 13.0 Å². The van der Waals surface area contributed by atoms with Crippen LogP contribution in [0.2, 0.25) is 0 Å². The molecule has 106 valence electrons. The lowest BCUT2D eigenvalue weighted by Crippen LogP contribution is -2.25. The maximum atomic E-state index is 13.6. The zero-order chi connectivity index (χ0) is 14.7. The number of benzene rings is 2. The fourth-order valence-corrected chi connectivity index (χ4v) is 2.23. The minimum atomic E-state index is -1.09. The quantitative estimate of drug-likeness (QED) is 0.925. The molecule has 0 fully saturated rings. The molecule has 0 aromatic heterocycles. The number of hydrogen-bond acceptors (Lipinski definition) is 2. The number of aryl methyl sites for hydroxylation is 1. The molecule has 0 heterocycles. The van der Waals surface area contributed by atoms with Crippen LogP contribution in [0.15, 0.2) is 42.5 Å². The molecular formula is C16H17F2NO. The Kier molecular flexibility index (Phi) is 4.35. The molecular weight excluding hydrogens is 260 g/mol. The summed E-state index contributed by atoms with van der Waals surface area (Å²) in [6, 6.07) is 11.5. The summed E-state index contributed by atoms with van der Waals surface area (Å²) in [4.78, 5) is 1.82. The highest BCUT2D eigenvalue weighted by Gasteiger charge is 2.18. The lowest BCUT2D eigenvalue weighted by molar-refractivity contribution is 0.179. The van der Waals surface area contributed by atoms with Gasteiger partial charge in [0.1, 0.15) is 0 Å². The van der Waals surface area contributed by atoms with E-state index in [-0.39, 0.29) is 12.1 Å². The van der Waals surface area contributed by atoms with Crippen LogP contribution in [0.3, 0.4) is 0 Å². The number of anilines is 1. The van der Waals surface area contributed by atoms with Gasteiger partial charge in [0.25, 0.3) is 0 Å². The van der Waals surface area contributed by atoms with E-state index in [1.807, 2.05) is 43.1 Å². The lowest BCUT2D eigenvalue weighted by atomic mass is 10.1. The van der Waals surface area contributed by atoms with Crippen LogP contribution in [0, 0.1) is 18.6 Å². The molecule has 0 radical (unpaired) electrons. The van der Waals surface area contributed by atoms with Crippen molar-refractivity contribution in [1.29, 1.82) is 0 Å². The fraction of sp³-hybridized carbons (Fsp3) is 0.250. The predicted octanol–water partition coefficient (Wildman–Crippen LogP) is 3.44. The summed E-state index contributed by atoms with van der Waals surface area (Å²) in [6.45, 7) is 2.15. The second kappa shape index (κ2) is 6.01. The maximum absolute atomic E-state index is 13.6. The molecule has 1 atom stereocenters. The average Bonchev–Trinajstić information content (AvgIpc) is 2.42. The molecule has 2 nitrogen and oxygen atoms in total. The lowest BCUT2D eigenvalue weighted by Gasteiger charge is -2.24. The van der Waals surface area contributed by atoms with Gasteiger partial charge in [-0.2, -0.15) is 0 Å². The molecule has 0 aliphatic carbocycles. The minimum Gasteiger partial charge on any atom is -0.386 e. The molecule has 20 heavy (non-hydrogen) atoms. The molecule has 0 bridgehead atoms. The van der Waals surface area contributed by atoms with E-state index in [2.05, 4.69) is 0 Å². The third-order valence-electron chi connectivity index (χ3n) is 3.31. The minimum absolute atomic E-state index is 0.0227. The van der Waals surface area contributed by atoms with Gasteiger partial charge < -0.3 is 10.0 Å². The van der Waals surface area contributed by atoms with Gasteiger partial charge in [-0.3, -0.25) is 0 Å². The Morgan fingerprint density at radius 1 is 1.10 bits per heavy atom. The number of likely N-dealkylation sites (N-methyl/N-ethyl adjacent to an activating group) is 1. The second-order valence-corrected chi connectivity index (χ2v) is 4.83. The number of aliphatic hydroxyl groups is 1. The van der Waals surface area contributed by atoms with Crippen molar-refractivity contribution in [1.82, 2.24) is 0 Å². The Hall–Kier alpha value is -1.94. The van der Waals surface area contributed by atoms with E-state index in [1.165, 1.54) is 12.1 Å². The van der Waals surface area contributed by atoms with Crippen molar-refractivity contribution < 1.29 is 13.9 Å². The topological polar surface area (TPSA) is 23.5 Å². The highest BCUT2D eigenvalue weighted by Crippen LogP contribution is 2.23. The van der Waals surface area contributed by atoms with Crippen molar-refractivity contribution in [3.8, 4) is 0 Å². The smallest absolute Gasteiger partial charge is 0.164 e. The number of nitrogens with zero attached hydrogens (tertiary/aromatic N) is 1. The summed E-state index contributed by atoms with van der Waals surface area (Å²) in [5.74, 6) is -1.93. The fourth-order valence-electron chi connectivity index (χ4n) is 2.23. The predicted molar refractivity (Wildman–Crippen MR) is 75.8 cm³/mol. The summed E-state index contributed by atoms with van der Waals surface area (Å²) in [7, 11) is 1.81. The van der Waals surface area contributed by atoms with Gasteiger partial charge in [0.05, 0.1) is 6.10 Å². The molecule has 0 spiro atoms. The van der Waals surface area contributed by atoms with Crippen molar-refractivity contribution in [2.24, 2.45) is 0 Å². The summed E-state index contributed by atoms with van der Waals surface area (Å²) in [6.07, 6.45) is -1.09. The Labute approximate surface area is 117 Å². The Balaban J connectivity index is 2.17. The van der Waals surface area contributed by atoms with Crippen LogP contribution in [0.1, 0.15) is 17.2 Å². The van der Waals surface area contributed by atoms with Crippen LogP contribution >= 0.6 is 0 Å². The van der Waals surface area contributed by atoms with E-state index in [4.69, 9.17) is 0 Å². The monoisotopic (exact) mass is 277 g/mol. The Morgan fingerprint density at radius 2 is 1.80 bits per heavy atom. The van der Waals surface area contributed by atoms with Crippen LogP contribution in [0.5, 0.6) is 0 Å². The number of rotatable bonds is 4. The standard InChI is InChI=1S/C16H17F2NO/c1-11-6-3-4-9-14(11)19(2)10-15(20)12-7-5-8-13(17)16(12)18/h3-9,15,20H,10H2,1-2H3. The van der Waals surface area contributed by atoms with Gasteiger partial charge in [0, 0.05) is 24.8 Å². The van der Waals surface area contributed by atoms with Gasteiger partial charge in [0.15, 0.2) is 11.6 Å². The summed E-state index contributed by atoms with van der Waals surface area (Å²) >= 11 is 0. The molecule has 2 aromatic rings. The van der Waals surface area contributed by atoms with Gasteiger partial charge >= 0.3 is 0 Å². The van der Waals surface area contributed by atoms with E-state index in [1.54, 1.807) is 0 Å². The molecule has 0 saturated heterocycles. The number of hydrogen-bond donors (Lipinski definition) is 1. The first kappa shape index (κ1) is 14.5. The van der Waals surface area contributed by atoms with E-state index < -0.39 is 17.7 Å². The van der Waals surface area contributed by atoms with Crippen LogP contribution in [0.4, 0.5) is 14.5 Å². The first-order valence-corrected chi connectivity index (χ1v) is 6.39. The van der Waals surface area contributed by atoms with Crippen LogP contribution in [-0.2, 0) is 0 Å². The molecule has 0 saturated carbocycles. The highest BCUT2D eigenvalue weighted by molar-refractivity contribution is 5.52. The van der Waals surface area contributed by atoms with Gasteiger partial charge in [-0.25, -0.2) is 8.78 Å². The van der Waals surface area contributed by atoms with Crippen molar-refractivity contribution >= 4 is 5.69 Å². The number of halogens is 2.